The molecule has 1 fully saturated rings. The molecule has 3 aromatic rings. The molecule has 33 heavy (non-hydrogen) atoms. The summed E-state index contributed by atoms with van der Waals surface area (Å²) in [6.07, 6.45) is 5.11. The van der Waals surface area contributed by atoms with Gasteiger partial charge in [0, 0.05) is 49.9 Å². The van der Waals surface area contributed by atoms with Crippen molar-refractivity contribution in [2.75, 3.05) is 49.5 Å². The minimum atomic E-state index is 0.0425. The van der Waals surface area contributed by atoms with Gasteiger partial charge in [0.15, 0.2) is 0 Å². The Labute approximate surface area is 203 Å². The van der Waals surface area contributed by atoms with Crippen molar-refractivity contribution in [2.45, 2.75) is 25.7 Å². The van der Waals surface area contributed by atoms with Crippen molar-refractivity contribution < 1.29 is 9.53 Å². The fourth-order valence-electron chi connectivity index (χ4n) is 4.68. The third-order valence-corrected chi connectivity index (χ3v) is 7.27. The zero-order valence-corrected chi connectivity index (χ0v) is 20.3. The number of aromatic nitrogens is 1. The number of carbonyl (C=O) groups is 1. The van der Waals surface area contributed by atoms with Crippen LogP contribution in [0, 0.1) is 0 Å². The molecule has 1 saturated heterocycles. The molecule has 2 aliphatic heterocycles. The standard InChI is InChI=1S/C26H29BrN4O2/c27-24-25-20(10-11-23(32)29-25)18-28-26(24)33-17-4-3-12-30-13-15-31(16-14-30)22-9-5-7-19-6-1-2-8-21(19)22/h1-2,5-9,18H,3-4,10-17H2,(H,29,32). The molecule has 0 spiro atoms. The van der Waals surface area contributed by atoms with Gasteiger partial charge in [-0.2, -0.15) is 0 Å². The van der Waals surface area contributed by atoms with E-state index in [-0.39, 0.29) is 5.91 Å². The van der Waals surface area contributed by atoms with Crippen molar-refractivity contribution >= 4 is 44.0 Å². The minimum absolute atomic E-state index is 0.0425. The van der Waals surface area contributed by atoms with Gasteiger partial charge in [0.05, 0.1) is 12.3 Å². The summed E-state index contributed by atoms with van der Waals surface area (Å²) in [5.74, 6) is 0.598. The van der Waals surface area contributed by atoms with Crippen LogP contribution in [0.4, 0.5) is 11.4 Å². The number of halogens is 1. The Morgan fingerprint density at radius 1 is 1.00 bits per heavy atom. The number of hydrogen-bond acceptors (Lipinski definition) is 5. The zero-order valence-electron chi connectivity index (χ0n) is 18.7. The smallest absolute Gasteiger partial charge is 0.230 e. The number of piperazine rings is 1. The molecule has 0 saturated carbocycles. The lowest BCUT2D eigenvalue weighted by Crippen LogP contribution is -2.46. The van der Waals surface area contributed by atoms with Crippen LogP contribution >= 0.6 is 15.9 Å². The summed E-state index contributed by atoms with van der Waals surface area (Å²) in [4.78, 5) is 21.2. The summed E-state index contributed by atoms with van der Waals surface area (Å²) >= 11 is 3.55. The van der Waals surface area contributed by atoms with Crippen molar-refractivity contribution in [1.29, 1.82) is 0 Å². The number of hydrogen-bond donors (Lipinski definition) is 1. The molecule has 6 nitrogen and oxygen atoms in total. The number of unbranched alkanes of at least 4 members (excludes halogenated alkanes) is 1. The molecule has 1 N–H and O–H groups in total. The SMILES string of the molecule is O=C1CCc2cnc(OCCCCN3CCN(c4cccc5ccccc45)CC3)c(Br)c2N1. The first-order valence-electron chi connectivity index (χ1n) is 11.7. The number of nitrogens with one attached hydrogen (secondary N) is 1. The summed E-state index contributed by atoms with van der Waals surface area (Å²) in [5, 5.41) is 5.57. The molecule has 172 valence electrons. The lowest BCUT2D eigenvalue weighted by atomic mass is 10.1. The van der Waals surface area contributed by atoms with Crippen LogP contribution in [0.15, 0.2) is 53.1 Å². The van der Waals surface area contributed by atoms with Crippen molar-refractivity contribution in [3.63, 3.8) is 0 Å². The Balaban J connectivity index is 1.06. The fraction of sp³-hybridized carbons (Fsp3) is 0.385. The predicted octanol–water partition coefficient (Wildman–Crippen LogP) is 4.86. The van der Waals surface area contributed by atoms with Gasteiger partial charge in [-0.3, -0.25) is 9.69 Å². The van der Waals surface area contributed by atoms with Crippen LogP contribution in [0.1, 0.15) is 24.8 Å². The highest BCUT2D eigenvalue weighted by atomic mass is 79.9. The molecule has 5 rings (SSSR count). The first-order chi connectivity index (χ1) is 16.2. The van der Waals surface area contributed by atoms with Crippen molar-refractivity contribution in [2.24, 2.45) is 0 Å². The van der Waals surface area contributed by atoms with Crippen LogP contribution in [0.5, 0.6) is 5.88 Å². The molecule has 2 aliphatic rings. The number of pyridine rings is 1. The lowest BCUT2D eigenvalue weighted by molar-refractivity contribution is -0.116. The van der Waals surface area contributed by atoms with Gasteiger partial charge in [-0.15, -0.1) is 0 Å². The van der Waals surface area contributed by atoms with Gasteiger partial charge in [0.25, 0.3) is 0 Å². The van der Waals surface area contributed by atoms with Gasteiger partial charge < -0.3 is 15.0 Å². The normalized spacial score (nSPS) is 16.5. The molecule has 0 atom stereocenters. The van der Waals surface area contributed by atoms with Crippen LogP contribution < -0.4 is 15.0 Å². The predicted molar refractivity (Wildman–Crippen MR) is 136 cm³/mol. The highest BCUT2D eigenvalue weighted by Crippen LogP contribution is 2.36. The Morgan fingerprint density at radius 2 is 1.82 bits per heavy atom. The van der Waals surface area contributed by atoms with Crippen LogP contribution in [0.3, 0.4) is 0 Å². The van der Waals surface area contributed by atoms with Gasteiger partial charge in [0.1, 0.15) is 4.47 Å². The zero-order chi connectivity index (χ0) is 22.6. The van der Waals surface area contributed by atoms with Crippen LogP contribution in [0.2, 0.25) is 0 Å². The molecule has 0 radical (unpaired) electrons. The number of aryl methyl sites for hydroxylation is 1. The van der Waals surface area contributed by atoms with Crippen molar-refractivity contribution in [3.05, 3.63) is 58.7 Å². The number of rotatable bonds is 7. The maximum atomic E-state index is 11.7. The molecule has 2 aromatic carbocycles. The van der Waals surface area contributed by atoms with Crippen molar-refractivity contribution in [3.8, 4) is 5.88 Å². The summed E-state index contributed by atoms with van der Waals surface area (Å²) in [5.41, 5.74) is 3.21. The average Bonchev–Trinajstić information content (AvgIpc) is 2.85. The first-order valence-corrected chi connectivity index (χ1v) is 12.5. The van der Waals surface area contributed by atoms with Gasteiger partial charge in [-0.05, 0) is 58.8 Å². The van der Waals surface area contributed by atoms with Crippen molar-refractivity contribution in [1.82, 2.24) is 9.88 Å². The Morgan fingerprint density at radius 3 is 2.70 bits per heavy atom. The number of nitrogens with zero attached hydrogens (tertiary/aromatic N) is 3. The van der Waals surface area contributed by atoms with E-state index in [1.807, 2.05) is 6.20 Å². The second kappa shape index (κ2) is 10.1. The molecular formula is C26H29BrN4O2. The van der Waals surface area contributed by atoms with E-state index >= 15 is 0 Å². The van der Waals surface area contributed by atoms with Gasteiger partial charge >= 0.3 is 0 Å². The lowest BCUT2D eigenvalue weighted by Gasteiger charge is -2.36. The van der Waals surface area contributed by atoms with Crippen LogP contribution in [0.25, 0.3) is 10.8 Å². The molecule has 0 bridgehead atoms. The maximum Gasteiger partial charge on any atom is 0.230 e. The molecule has 0 aliphatic carbocycles. The summed E-state index contributed by atoms with van der Waals surface area (Å²) in [6.45, 7) is 5.99. The van der Waals surface area contributed by atoms with Gasteiger partial charge in [0.2, 0.25) is 11.8 Å². The van der Waals surface area contributed by atoms with E-state index in [9.17, 15) is 4.79 Å². The topological polar surface area (TPSA) is 57.7 Å². The second-order valence-corrected chi connectivity index (χ2v) is 9.50. The summed E-state index contributed by atoms with van der Waals surface area (Å²) in [6, 6.07) is 15.2. The molecule has 1 aromatic heterocycles. The monoisotopic (exact) mass is 508 g/mol. The van der Waals surface area contributed by atoms with Crippen LogP contribution in [-0.2, 0) is 11.2 Å². The fourth-order valence-corrected chi connectivity index (χ4v) is 5.25. The van der Waals surface area contributed by atoms with E-state index in [0.29, 0.717) is 18.9 Å². The van der Waals surface area contributed by atoms with Crippen LogP contribution in [-0.4, -0.2) is 55.1 Å². The highest BCUT2D eigenvalue weighted by molar-refractivity contribution is 9.10. The van der Waals surface area contributed by atoms with Gasteiger partial charge in [-0.1, -0.05) is 36.4 Å². The number of anilines is 2. The minimum Gasteiger partial charge on any atom is -0.477 e. The van der Waals surface area contributed by atoms with E-state index in [0.717, 1.165) is 67.7 Å². The van der Waals surface area contributed by atoms with E-state index in [4.69, 9.17) is 4.74 Å². The Hall–Kier alpha value is -2.64. The van der Waals surface area contributed by atoms with E-state index in [1.54, 1.807) is 0 Å². The van der Waals surface area contributed by atoms with E-state index in [1.165, 1.54) is 16.5 Å². The number of fused-ring (bicyclic) bond motifs is 2. The molecule has 1 amide bonds. The number of carbonyl (C=O) groups excluding carboxylic acids is 1. The molecular weight excluding hydrogens is 480 g/mol. The molecule has 3 heterocycles. The molecule has 7 heteroatoms. The number of amides is 1. The maximum absolute atomic E-state index is 11.7. The third-order valence-electron chi connectivity index (χ3n) is 6.54. The van der Waals surface area contributed by atoms with Gasteiger partial charge in [-0.25, -0.2) is 4.98 Å². The Bertz CT molecular complexity index is 1140. The Kier molecular flexibility index (Phi) is 6.78. The van der Waals surface area contributed by atoms with E-state index < -0.39 is 0 Å². The third kappa shape index (κ3) is 4.99. The average molecular weight is 509 g/mol. The first kappa shape index (κ1) is 22.2. The number of ether oxygens (including phenoxy) is 1. The summed E-state index contributed by atoms with van der Waals surface area (Å²) in [7, 11) is 0. The molecule has 0 unspecified atom stereocenters. The van der Waals surface area contributed by atoms with E-state index in [2.05, 4.69) is 78.5 Å². The second-order valence-electron chi connectivity index (χ2n) is 8.71. The highest BCUT2D eigenvalue weighted by Gasteiger charge is 2.21. The largest absolute Gasteiger partial charge is 0.477 e. The summed E-state index contributed by atoms with van der Waals surface area (Å²) < 4.78 is 6.66. The quantitative estimate of drug-likeness (QED) is 0.461. The number of benzene rings is 2.